The van der Waals surface area contributed by atoms with E-state index in [0.717, 1.165) is 24.1 Å². The zero-order valence-electron chi connectivity index (χ0n) is 13.0. The first-order valence-corrected chi connectivity index (χ1v) is 8.36. The standard InChI is InChI=1S/C18H23NOS/c1-4-16-12-17(21-14(16)3)18(20)19-13(2)10-11-15-8-6-5-7-9-15/h5-9,12-13H,4,10-11H2,1-3H3,(H,19,20)/t13-/m0/s1. The van der Waals surface area contributed by atoms with Gasteiger partial charge in [0.2, 0.25) is 0 Å². The first-order valence-electron chi connectivity index (χ1n) is 7.54. The molecule has 0 aliphatic carbocycles. The van der Waals surface area contributed by atoms with Gasteiger partial charge in [-0.25, -0.2) is 0 Å². The van der Waals surface area contributed by atoms with Crippen LogP contribution in [0.2, 0.25) is 0 Å². The molecule has 0 spiro atoms. The Morgan fingerprint density at radius 2 is 2.00 bits per heavy atom. The average Bonchev–Trinajstić information content (AvgIpc) is 2.87. The van der Waals surface area contributed by atoms with Crippen LogP contribution in [-0.2, 0) is 12.8 Å². The van der Waals surface area contributed by atoms with E-state index in [1.807, 2.05) is 12.1 Å². The molecule has 2 rings (SSSR count). The van der Waals surface area contributed by atoms with Crippen molar-refractivity contribution in [1.29, 1.82) is 0 Å². The van der Waals surface area contributed by atoms with Gasteiger partial charge in [-0.3, -0.25) is 4.79 Å². The number of rotatable bonds is 6. The highest BCUT2D eigenvalue weighted by atomic mass is 32.1. The second-order valence-electron chi connectivity index (χ2n) is 5.44. The molecule has 2 aromatic rings. The predicted octanol–water partition coefficient (Wildman–Crippen LogP) is 4.37. The smallest absolute Gasteiger partial charge is 0.261 e. The summed E-state index contributed by atoms with van der Waals surface area (Å²) in [5.41, 5.74) is 2.60. The topological polar surface area (TPSA) is 29.1 Å². The molecule has 1 heterocycles. The molecule has 0 saturated heterocycles. The second kappa shape index (κ2) is 7.41. The van der Waals surface area contributed by atoms with Gasteiger partial charge in [0, 0.05) is 10.9 Å². The highest BCUT2D eigenvalue weighted by Gasteiger charge is 2.13. The number of nitrogens with one attached hydrogen (secondary N) is 1. The molecule has 0 bridgehead atoms. The van der Waals surface area contributed by atoms with Gasteiger partial charge in [0.1, 0.15) is 0 Å². The van der Waals surface area contributed by atoms with Crippen LogP contribution in [0.4, 0.5) is 0 Å². The van der Waals surface area contributed by atoms with E-state index in [4.69, 9.17) is 0 Å². The quantitative estimate of drug-likeness (QED) is 0.843. The molecule has 0 fully saturated rings. The van der Waals surface area contributed by atoms with Crippen LogP contribution in [-0.4, -0.2) is 11.9 Å². The number of benzene rings is 1. The van der Waals surface area contributed by atoms with Crippen LogP contribution in [0.15, 0.2) is 36.4 Å². The van der Waals surface area contributed by atoms with Gasteiger partial charge in [-0.1, -0.05) is 37.3 Å². The molecule has 0 unspecified atom stereocenters. The number of aryl methyl sites for hydroxylation is 3. The van der Waals surface area contributed by atoms with Gasteiger partial charge >= 0.3 is 0 Å². The molecule has 1 aromatic carbocycles. The Morgan fingerprint density at radius 1 is 1.29 bits per heavy atom. The summed E-state index contributed by atoms with van der Waals surface area (Å²) < 4.78 is 0. The predicted molar refractivity (Wildman–Crippen MR) is 90.1 cm³/mol. The summed E-state index contributed by atoms with van der Waals surface area (Å²) in [6.07, 6.45) is 2.94. The molecular weight excluding hydrogens is 278 g/mol. The van der Waals surface area contributed by atoms with Gasteiger partial charge in [0.25, 0.3) is 5.91 Å². The molecule has 0 saturated carbocycles. The number of carbonyl (C=O) groups is 1. The molecule has 0 aliphatic heterocycles. The first-order chi connectivity index (χ1) is 10.1. The van der Waals surface area contributed by atoms with Gasteiger partial charge in [-0.2, -0.15) is 0 Å². The number of hydrogen-bond donors (Lipinski definition) is 1. The fraction of sp³-hybridized carbons (Fsp3) is 0.389. The van der Waals surface area contributed by atoms with Crippen LogP contribution in [0.1, 0.15) is 45.9 Å². The van der Waals surface area contributed by atoms with Gasteiger partial charge in [0.05, 0.1) is 4.88 Å². The number of thiophene rings is 1. The zero-order valence-corrected chi connectivity index (χ0v) is 13.8. The van der Waals surface area contributed by atoms with Crippen LogP contribution in [0.5, 0.6) is 0 Å². The van der Waals surface area contributed by atoms with Crippen molar-refractivity contribution in [2.45, 2.75) is 46.1 Å². The minimum Gasteiger partial charge on any atom is -0.349 e. The van der Waals surface area contributed by atoms with Crippen molar-refractivity contribution in [3.63, 3.8) is 0 Å². The Balaban J connectivity index is 1.86. The van der Waals surface area contributed by atoms with Crippen LogP contribution in [0.3, 0.4) is 0 Å². The minimum atomic E-state index is 0.0587. The van der Waals surface area contributed by atoms with Crippen LogP contribution >= 0.6 is 11.3 Å². The fourth-order valence-corrected chi connectivity index (χ4v) is 3.39. The van der Waals surface area contributed by atoms with E-state index in [-0.39, 0.29) is 11.9 Å². The van der Waals surface area contributed by atoms with Crippen molar-refractivity contribution in [3.8, 4) is 0 Å². The highest BCUT2D eigenvalue weighted by Crippen LogP contribution is 2.22. The molecule has 0 aliphatic rings. The molecule has 3 heteroatoms. The van der Waals surface area contributed by atoms with Crippen molar-refractivity contribution in [1.82, 2.24) is 5.32 Å². The van der Waals surface area contributed by atoms with E-state index in [9.17, 15) is 4.79 Å². The van der Waals surface area contributed by atoms with E-state index in [0.29, 0.717) is 0 Å². The summed E-state index contributed by atoms with van der Waals surface area (Å²) in [5, 5.41) is 3.10. The molecule has 0 radical (unpaired) electrons. The van der Waals surface area contributed by atoms with E-state index in [1.165, 1.54) is 16.0 Å². The number of hydrogen-bond acceptors (Lipinski definition) is 2. The third-order valence-electron chi connectivity index (χ3n) is 3.71. The average molecular weight is 301 g/mol. The Hall–Kier alpha value is -1.61. The lowest BCUT2D eigenvalue weighted by Gasteiger charge is -2.13. The molecule has 112 valence electrons. The third-order valence-corrected chi connectivity index (χ3v) is 4.80. The summed E-state index contributed by atoms with van der Waals surface area (Å²) in [6, 6.07) is 12.6. The van der Waals surface area contributed by atoms with Crippen molar-refractivity contribution in [2.75, 3.05) is 0 Å². The fourth-order valence-electron chi connectivity index (χ4n) is 2.38. The van der Waals surface area contributed by atoms with Crippen molar-refractivity contribution < 1.29 is 4.79 Å². The third kappa shape index (κ3) is 4.43. The lowest BCUT2D eigenvalue weighted by molar-refractivity contribution is 0.0942. The van der Waals surface area contributed by atoms with Crippen LogP contribution in [0.25, 0.3) is 0 Å². The van der Waals surface area contributed by atoms with Gasteiger partial charge in [-0.05, 0) is 50.3 Å². The van der Waals surface area contributed by atoms with E-state index >= 15 is 0 Å². The summed E-state index contributed by atoms with van der Waals surface area (Å²) in [4.78, 5) is 14.3. The maximum absolute atomic E-state index is 12.2. The largest absolute Gasteiger partial charge is 0.349 e. The maximum Gasteiger partial charge on any atom is 0.261 e. The number of amides is 1. The SMILES string of the molecule is CCc1cc(C(=O)N[C@@H](C)CCc2ccccc2)sc1C. The molecule has 1 atom stereocenters. The van der Waals surface area contributed by atoms with Crippen molar-refractivity contribution in [2.24, 2.45) is 0 Å². The Bertz CT molecular complexity index is 589. The molecule has 1 amide bonds. The maximum atomic E-state index is 12.2. The molecular formula is C18H23NOS. The lowest BCUT2D eigenvalue weighted by Crippen LogP contribution is -2.32. The summed E-state index contributed by atoms with van der Waals surface area (Å²) in [5.74, 6) is 0.0587. The van der Waals surface area contributed by atoms with Gasteiger partial charge in [-0.15, -0.1) is 11.3 Å². The summed E-state index contributed by atoms with van der Waals surface area (Å²) in [6.45, 7) is 6.28. The lowest BCUT2D eigenvalue weighted by atomic mass is 10.1. The Kier molecular flexibility index (Phi) is 5.57. The van der Waals surface area contributed by atoms with E-state index < -0.39 is 0 Å². The van der Waals surface area contributed by atoms with E-state index in [1.54, 1.807) is 11.3 Å². The molecule has 21 heavy (non-hydrogen) atoms. The summed E-state index contributed by atoms with van der Waals surface area (Å²) >= 11 is 1.59. The monoisotopic (exact) mass is 301 g/mol. The van der Waals surface area contributed by atoms with Crippen LogP contribution in [0, 0.1) is 6.92 Å². The number of carbonyl (C=O) groups excluding carboxylic acids is 1. The minimum absolute atomic E-state index is 0.0587. The van der Waals surface area contributed by atoms with Crippen molar-refractivity contribution >= 4 is 17.2 Å². The van der Waals surface area contributed by atoms with Crippen LogP contribution < -0.4 is 5.32 Å². The molecule has 2 nitrogen and oxygen atoms in total. The van der Waals surface area contributed by atoms with E-state index in [2.05, 4.69) is 50.4 Å². The zero-order chi connectivity index (χ0) is 15.2. The summed E-state index contributed by atoms with van der Waals surface area (Å²) in [7, 11) is 0. The Morgan fingerprint density at radius 3 is 2.62 bits per heavy atom. The second-order valence-corrected chi connectivity index (χ2v) is 6.70. The Labute approximate surface area is 131 Å². The first kappa shape index (κ1) is 15.8. The van der Waals surface area contributed by atoms with Gasteiger partial charge < -0.3 is 5.32 Å². The molecule has 1 N–H and O–H groups in total. The molecule has 1 aromatic heterocycles. The van der Waals surface area contributed by atoms with Gasteiger partial charge in [0.15, 0.2) is 0 Å². The normalized spacial score (nSPS) is 12.1. The highest BCUT2D eigenvalue weighted by molar-refractivity contribution is 7.14. The van der Waals surface area contributed by atoms with Crippen molar-refractivity contribution in [3.05, 3.63) is 57.3 Å².